The van der Waals surface area contributed by atoms with Gasteiger partial charge in [0, 0.05) is 17.8 Å². The van der Waals surface area contributed by atoms with Crippen molar-refractivity contribution >= 4 is 28.3 Å². The van der Waals surface area contributed by atoms with Crippen LogP contribution >= 0.6 is 11.3 Å². The van der Waals surface area contributed by atoms with Crippen molar-refractivity contribution in [2.24, 2.45) is 5.92 Å². The predicted octanol–water partition coefficient (Wildman–Crippen LogP) is 4.31. The van der Waals surface area contributed by atoms with Crippen molar-refractivity contribution in [3.05, 3.63) is 82.4 Å². The van der Waals surface area contributed by atoms with Crippen molar-refractivity contribution in [3.63, 3.8) is 0 Å². The van der Waals surface area contributed by atoms with Crippen molar-refractivity contribution in [3.8, 4) is 0 Å². The number of hydrogen-bond donors (Lipinski definition) is 2. The molecular weight excluding hydrogens is 410 g/mol. The molecule has 0 spiro atoms. The van der Waals surface area contributed by atoms with Gasteiger partial charge in [-0.05, 0) is 16.7 Å². The lowest BCUT2D eigenvalue weighted by atomic mass is 10.1. The number of rotatable bonds is 10. The van der Waals surface area contributed by atoms with E-state index in [0.29, 0.717) is 30.6 Å². The molecule has 0 atom stereocenters. The smallest absolute Gasteiger partial charge is 0.228 e. The molecule has 0 aliphatic heterocycles. The van der Waals surface area contributed by atoms with Crippen LogP contribution in [0.2, 0.25) is 0 Å². The van der Waals surface area contributed by atoms with Crippen LogP contribution in [0.25, 0.3) is 0 Å². The Balaban J connectivity index is 1.39. The van der Waals surface area contributed by atoms with Crippen LogP contribution in [0.3, 0.4) is 0 Å². The second-order valence-corrected chi connectivity index (χ2v) is 8.39. The van der Waals surface area contributed by atoms with Crippen LogP contribution in [0.1, 0.15) is 36.2 Å². The maximum Gasteiger partial charge on any atom is 0.228 e. The SMILES string of the molecule is CC(C)C(=O)Nc1nc(CC(=O)NCc2ccc(COCc3ccccc3)cc2)cs1. The Morgan fingerprint density at radius 3 is 2.29 bits per heavy atom. The fraction of sp³-hybridized carbons (Fsp3) is 0.292. The summed E-state index contributed by atoms with van der Waals surface area (Å²) in [4.78, 5) is 28.2. The molecule has 31 heavy (non-hydrogen) atoms. The second-order valence-electron chi connectivity index (χ2n) is 7.54. The van der Waals surface area contributed by atoms with Crippen molar-refractivity contribution < 1.29 is 14.3 Å². The number of amides is 2. The zero-order valence-corrected chi connectivity index (χ0v) is 18.6. The highest BCUT2D eigenvalue weighted by molar-refractivity contribution is 7.13. The van der Waals surface area contributed by atoms with Gasteiger partial charge < -0.3 is 15.4 Å². The standard InChI is InChI=1S/C24H27N3O3S/c1-17(2)23(29)27-24-26-21(16-31-24)12-22(28)25-13-18-8-10-20(11-9-18)15-30-14-19-6-4-3-5-7-19/h3-11,16-17H,12-15H2,1-2H3,(H,25,28)(H,26,27,29). The average molecular weight is 438 g/mol. The molecular formula is C24H27N3O3S. The maximum atomic E-state index is 12.2. The molecule has 0 saturated carbocycles. The topological polar surface area (TPSA) is 80.3 Å². The van der Waals surface area contributed by atoms with Crippen molar-refractivity contribution in [1.82, 2.24) is 10.3 Å². The van der Waals surface area contributed by atoms with Gasteiger partial charge in [-0.15, -0.1) is 11.3 Å². The summed E-state index contributed by atoms with van der Waals surface area (Å²) < 4.78 is 5.75. The minimum atomic E-state index is -0.113. The summed E-state index contributed by atoms with van der Waals surface area (Å²) in [5.41, 5.74) is 3.90. The number of carbonyl (C=O) groups is 2. The third kappa shape index (κ3) is 7.62. The molecule has 2 aromatic carbocycles. The molecule has 0 aliphatic carbocycles. The van der Waals surface area contributed by atoms with Crippen LogP contribution in [0.15, 0.2) is 60.0 Å². The minimum Gasteiger partial charge on any atom is -0.372 e. The van der Waals surface area contributed by atoms with Gasteiger partial charge in [0.1, 0.15) is 0 Å². The van der Waals surface area contributed by atoms with Gasteiger partial charge in [0.2, 0.25) is 11.8 Å². The Bertz CT molecular complexity index is 985. The Labute approximate surface area is 186 Å². The summed E-state index contributed by atoms with van der Waals surface area (Å²) in [6.07, 6.45) is 0.180. The monoisotopic (exact) mass is 437 g/mol. The molecule has 3 rings (SSSR count). The van der Waals surface area contributed by atoms with Gasteiger partial charge in [0.15, 0.2) is 5.13 Å². The van der Waals surface area contributed by atoms with E-state index in [2.05, 4.69) is 15.6 Å². The normalized spacial score (nSPS) is 10.8. The highest BCUT2D eigenvalue weighted by atomic mass is 32.1. The number of ether oxygens (including phenoxy) is 1. The molecule has 1 heterocycles. The fourth-order valence-electron chi connectivity index (χ4n) is 2.74. The number of thiazole rings is 1. The van der Waals surface area contributed by atoms with Gasteiger partial charge in [-0.3, -0.25) is 9.59 Å². The second kappa shape index (κ2) is 11.4. The van der Waals surface area contributed by atoms with Crippen molar-refractivity contribution in [2.45, 2.75) is 40.0 Å². The number of benzene rings is 2. The minimum absolute atomic E-state index is 0.0840. The van der Waals surface area contributed by atoms with E-state index in [1.54, 1.807) is 5.38 Å². The fourth-order valence-corrected chi connectivity index (χ4v) is 3.45. The lowest BCUT2D eigenvalue weighted by Gasteiger charge is -2.07. The molecule has 0 aliphatic rings. The number of carbonyl (C=O) groups excluding carboxylic acids is 2. The van der Waals surface area contributed by atoms with Crippen LogP contribution < -0.4 is 10.6 Å². The zero-order valence-electron chi connectivity index (χ0n) is 17.8. The van der Waals surface area contributed by atoms with Gasteiger partial charge in [0.25, 0.3) is 0 Å². The number of nitrogens with zero attached hydrogens (tertiary/aromatic N) is 1. The molecule has 0 fully saturated rings. The first-order valence-corrected chi connectivity index (χ1v) is 11.1. The van der Waals surface area contributed by atoms with Crippen LogP contribution in [-0.2, 0) is 40.5 Å². The van der Waals surface area contributed by atoms with E-state index in [1.807, 2.05) is 68.4 Å². The van der Waals surface area contributed by atoms with Crippen molar-refractivity contribution in [2.75, 3.05) is 5.32 Å². The Kier molecular flexibility index (Phi) is 8.32. The molecule has 7 heteroatoms. The Morgan fingerprint density at radius 1 is 0.968 bits per heavy atom. The van der Waals surface area contributed by atoms with Crippen LogP contribution in [-0.4, -0.2) is 16.8 Å². The first-order valence-electron chi connectivity index (χ1n) is 10.2. The first kappa shape index (κ1) is 22.7. The van der Waals surface area contributed by atoms with Crippen LogP contribution in [0, 0.1) is 5.92 Å². The molecule has 2 N–H and O–H groups in total. The third-order valence-electron chi connectivity index (χ3n) is 4.54. The largest absolute Gasteiger partial charge is 0.372 e. The summed E-state index contributed by atoms with van der Waals surface area (Å²) in [7, 11) is 0. The number of anilines is 1. The van der Waals surface area contributed by atoms with E-state index >= 15 is 0 Å². The maximum absolute atomic E-state index is 12.2. The van der Waals surface area contributed by atoms with E-state index in [-0.39, 0.29) is 24.2 Å². The summed E-state index contributed by atoms with van der Waals surface area (Å²) in [6.45, 7) is 5.22. The number of nitrogens with one attached hydrogen (secondary N) is 2. The van der Waals surface area contributed by atoms with Gasteiger partial charge in [-0.2, -0.15) is 0 Å². The lowest BCUT2D eigenvalue weighted by molar-refractivity contribution is -0.120. The molecule has 6 nitrogen and oxygen atoms in total. The molecule has 0 unspecified atom stereocenters. The summed E-state index contributed by atoms with van der Waals surface area (Å²) in [5, 5.41) is 7.97. The third-order valence-corrected chi connectivity index (χ3v) is 5.35. The van der Waals surface area contributed by atoms with E-state index < -0.39 is 0 Å². The van der Waals surface area contributed by atoms with E-state index in [9.17, 15) is 9.59 Å². The number of aromatic nitrogens is 1. The summed E-state index contributed by atoms with van der Waals surface area (Å²) in [6, 6.07) is 18.1. The van der Waals surface area contributed by atoms with Gasteiger partial charge >= 0.3 is 0 Å². The Morgan fingerprint density at radius 2 is 1.61 bits per heavy atom. The molecule has 162 valence electrons. The van der Waals surface area contributed by atoms with Gasteiger partial charge in [-0.25, -0.2) is 4.98 Å². The number of hydrogen-bond acceptors (Lipinski definition) is 5. The van der Waals surface area contributed by atoms with Gasteiger partial charge in [0.05, 0.1) is 25.3 Å². The molecule has 3 aromatic rings. The summed E-state index contributed by atoms with van der Waals surface area (Å²) >= 11 is 1.32. The van der Waals surface area contributed by atoms with E-state index in [4.69, 9.17) is 4.74 Å². The van der Waals surface area contributed by atoms with Crippen LogP contribution in [0.5, 0.6) is 0 Å². The first-order chi connectivity index (χ1) is 15.0. The van der Waals surface area contributed by atoms with Crippen molar-refractivity contribution in [1.29, 1.82) is 0 Å². The Hall–Kier alpha value is -3.03. The molecule has 0 saturated heterocycles. The van der Waals surface area contributed by atoms with E-state index in [1.165, 1.54) is 11.3 Å². The predicted molar refractivity (Wildman–Crippen MR) is 123 cm³/mol. The highest BCUT2D eigenvalue weighted by Crippen LogP contribution is 2.17. The molecule has 2 amide bonds. The molecule has 0 bridgehead atoms. The van der Waals surface area contributed by atoms with E-state index in [0.717, 1.165) is 16.7 Å². The van der Waals surface area contributed by atoms with Crippen LogP contribution in [0.4, 0.5) is 5.13 Å². The highest BCUT2D eigenvalue weighted by Gasteiger charge is 2.12. The quantitative estimate of drug-likeness (QED) is 0.495. The average Bonchev–Trinajstić information content (AvgIpc) is 3.20. The summed E-state index contributed by atoms with van der Waals surface area (Å²) in [5.74, 6) is -0.306. The molecule has 0 radical (unpaired) electrons. The molecule has 1 aromatic heterocycles. The lowest BCUT2D eigenvalue weighted by Crippen LogP contribution is -2.24. The van der Waals surface area contributed by atoms with Gasteiger partial charge in [-0.1, -0.05) is 68.4 Å². The zero-order chi connectivity index (χ0) is 22.1.